The number of ether oxygens (including phenoxy) is 6. The summed E-state index contributed by atoms with van der Waals surface area (Å²) in [5.41, 5.74) is 5.27. The van der Waals surface area contributed by atoms with Crippen molar-refractivity contribution in [1.82, 2.24) is 0 Å². The van der Waals surface area contributed by atoms with E-state index >= 15 is 0 Å². The average Bonchev–Trinajstić information content (AvgIpc) is 2.84. The fourth-order valence-corrected chi connectivity index (χ4v) is 3.59. The summed E-state index contributed by atoms with van der Waals surface area (Å²) in [4.78, 5) is 48.7. The van der Waals surface area contributed by atoms with E-state index in [0.29, 0.717) is 18.4 Å². The molecule has 0 aliphatic rings. The summed E-state index contributed by atoms with van der Waals surface area (Å²) in [5.74, 6) is -1.35. The van der Waals surface area contributed by atoms with Gasteiger partial charge in [-0.2, -0.15) is 0 Å². The van der Waals surface area contributed by atoms with Crippen LogP contribution in [-0.4, -0.2) is 55.7 Å². The van der Waals surface area contributed by atoms with Crippen LogP contribution < -0.4 is 15.2 Å². The van der Waals surface area contributed by atoms with E-state index in [-0.39, 0.29) is 49.6 Å². The Labute approximate surface area is 224 Å². The second-order valence-electron chi connectivity index (χ2n) is 9.07. The lowest BCUT2D eigenvalue weighted by molar-refractivity contribution is -0.151. The third-order valence-corrected chi connectivity index (χ3v) is 5.59. The molecule has 0 aliphatic heterocycles. The molecule has 2 unspecified atom stereocenters. The smallest absolute Gasteiger partial charge is 0.468 e. The van der Waals surface area contributed by atoms with E-state index in [1.165, 1.54) is 19.2 Å². The molecule has 38 heavy (non-hydrogen) atoms. The summed E-state index contributed by atoms with van der Waals surface area (Å²) >= 11 is 0. The molecule has 0 bridgehead atoms. The molecule has 1 aromatic rings. The molecule has 0 heterocycles. The summed E-state index contributed by atoms with van der Waals surface area (Å²) in [7, 11) is 1.20. The van der Waals surface area contributed by atoms with E-state index in [1.807, 2.05) is 13.8 Å². The first-order chi connectivity index (χ1) is 18.0. The van der Waals surface area contributed by atoms with Crippen molar-refractivity contribution in [2.24, 2.45) is 5.73 Å². The monoisotopic (exact) mass is 539 g/mol. The molecule has 3 atom stereocenters. The Kier molecular flexibility index (Phi) is 14.2. The second kappa shape index (κ2) is 16.5. The van der Waals surface area contributed by atoms with E-state index in [1.54, 1.807) is 26.8 Å². The second-order valence-corrected chi connectivity index (χ2v) is 9.07. The van der Waals surface area contributed by atoms with Crippen LogP contribution in [0.2, 0.25) is 0 Å². The number of esters is 2. The minimum atomic E-state index is -1.55. The molecule has 11 heteroatoms. The maximum atomic E-state index is 12.5. The lowest BCUT2D eigenvalue weighted by atomic mass is 9.88. The van der Waals surface area contributed by atoms with Crippen molar-refractivity contribution in [3.05, 3.63) is 23.8 Å². The van der Waals surface area contributed by atoms with Crippen LogP contribution in [0.15, 0.2) is 18.2 Å². The predicted molar refractivity (Wildman–Crippen MR) is 138 cm³/mol. The SMILES string of the molecule is CCCC(C)OC(=O)Oc1ccc(C[C@](N)(CCOC(=O)CC)C(=O)OC)cc1OC(=O)OC(C)CCC. The van der Waals surface area contributed by atoms with Gasteiger partial charge in [-0.25, -0.2) is 9.59 Å². The van der Waals surface area contributed by atoms with Gasteiger partial charge in [-0.15, -0.1) is 0 Å². The van der Waals surface area contributed by atoms with Crippen molar-refractivity contribution >= 4 is 24.2 Å². The van der Waals surface area contributed by atoms with Crippen LogP contribution in [0.4, 0.5) is 9.59 Å². The van der Waals surface area contributed by atoms with E-state index in [2.05, 4.69) is 0 Å². The molecular formula is C27H41NO10. The van der Waals surface area contributed by atoms with Gasteiger partial charge in [0.05, 0.1) is 13.7 Å². The molecule has 0 spiro atoms. The Balaban J connectivity index is 3.21. The highest BCUT2D eigenvalue weighted by molar-refractivity contribution is 5.81. The maximum Gasteiger partial charge on any atom is 0.514 e. The van der Waals surface area contributed by atoms with Gasteiger partial charge in [0.25, 0.3) is 0 Å². The Morgan fingerprint density at radius 3 is 1.95 bits per heavy atom. The molecule has 0 saturated heterocycles. The summed E-state index contributed by atoms with van der Waals surface area (Å²) in [6.45, 7) is 8.94. The normalized spacial score (nSPS) is 13.9. The van der Waals surface area contributed by atoms with Crippen LogP contribution in [0.25, 0.3) is 0 Å². The van der Waals surface area contributed by atoms with E-state index < -0.39 is 29.8 Å². The van der Waals surface area contributed by atoms with Crippen molar-refractivity contribution < 1.29 is 47.6 Å². The lowest BCUT2D eigenvalue weighted by Gasteiger charge is -2.26. The van der Waals surface area contributed by atoms with Gasteiger partial charge < -0.3 is 34.2 Å². The number of carbonyl (C=O) groups excluding carboxylic acids is 4. The summed E-state index contributed by atoms with van der Waals surface area (Å²) in [6.07, 6.45) is 0.323. The molecule has 214 valence electrons. The quantitative estimate of drug-likeness (QED) is 0.185. The number of hydrogen-bond donors (Lipinski definition) is 1. The van der Waals surface area contributed by atoms with Gasteiger partial charge in [-0.1, -0.05) is 39.7 Å². The molecule has 0 saturated carbocycles. The molecule has 0 radical (unpaired) electrons. The summed E-state index contributed by atoms with van der Waals surface area (Å²) < 4.78 is 31.1. The van der Waals surface area contributed by atoms with Gasteiger partial charge in [0.1, 0.15) is 17.7 Å². The van der Waals surface area contributed by atoms with Crippen LogP contribution in [0.3, 0.4) is 0 Å². The standard InChI is InChI=1S/C27H41NO10/c1-7-10-18(4)35-25(31)37-21-13-12-20(16-22(21)38-26(32)36-19(5)11-8-2)17-27(28,24(30)33-6)14-15-34-23(29)9-3/h12-13,16,18-19H,7-11,14-15,17,28H2,1-6H3/t18?,19?,27-/m1/s1. The molecule has 0 fully saturated rings. The molecule has 0 aliphatic carbocycles. The van der Waals surface area contributed by atoms with Gasteiger partial charge in [-0.05, 0) is 44.4 Å². The van der Waals surface area contributed by atoms with Crippen LogP contribution in [0.1, 0.15) is 78.7 Å². The Hall–Kier alpha value is -3.34. The van der Waals surface area contributed by atoms with Crippen molar-refractivity contribution in [3.63, 3.8) is 0 Å². The molecule has 1 aromatic carbocycles. The zero-order chi connectivity index (χ0) is 28.7. The topological polar surface area (TPSA) is 150 Å². The van der Waals surface area contributed by atoms with Gasteiger partial charge in [0.2, 0.25) is 0 Å². The third kappa shape index (κ3) is 11.4. The predicted octanol–water partition coefficient (Wildman–Crippen LogP) is 4.85. The number of carbonyl (C=O) groups is 4. The van der Waals surface area contributed by atoms with Crippen molar-refractivity contribution in [3.8, 4) is 11.5 Å². The molecule has 11 nitrogen and oxygen atoms in total. The molecule has 0 aromatic heterocycles. The highest BCUT2D eigenvalue weighted by Gasteiger charge is 2.36. The number of methoxy groups -OCH3 is 1. The molecular weight excluding hydrogens is 498 g/mol. The average molecular weight is 540 g/mol. The van der Waals surface area contributed by atoms with E-state index in [9.17, 15) is 19.2 Å². The largest absolute Gasteiger partial charge is 0.514 e. The molecule has 2 N–H and O–H groups in total. The zero-order valence-electron chi connectivity index (χ0n) is 23.2. The maximum absolute atomic E-state index is 12.5. The van der Waals surface area contributed by atoms with E-state index in [4.69, 9.17) is 34.2 Å². The summed E-state index contributed by atoms with van der Waals surface area (Å²) in [6, 6.07) is 4.36. The van der Waals surface area contributed by atoms with Gasteiger partial charge >= 0.3 is 24.2 Å². The molecule has 0 amide bonds. The minimum Gasteiger partial charge on any atom is -0.468 e. The Bertz CT molecular complexity index is 934. The highest BCUT2D eigenvalue weighted by atomic mass is 16.7. The number of nitrogens with two attached hydrogens (primary N) is 1. The number of benzene rings is 1. The van der Waals surface area contributed by atoms with E-state index in [0.717, 1.165) is 12.8 Å². The number of rotatable bonds is 15. The lowest BCUT2D eigenvalue weighted by Crippen LogP contribution is -2.51. The first-order valence-electron chi connectivity index (χ1n) is 12.9. The highest BCUT2D eigenvalue weighted by Crippen LogP contribution is 2.31. The minimum absolute atomic E-state index is 0.0158. The Morgan fingerprint density at radius 2 is 1.45 bits per heavy atom. The van der Waals surface area contributed by atoms with Crippen LogP contribution in [0.5, 0.6) is 11.5 Å². The number of hydrogen-bond acceptors (Lipinski definition) is 11. The fraction of sp³-hybridized carbons (Fsp3) is 0.630. The Morgan fingerprint density at radius 1 is 0.895 bits per heavy atom. The van der Waals surface area contributed by atoms with Crippen molar-refractivity contribution in [2.75, 3.05) is 13.7 Å². The van der Waals surface area contributed by atoms with Gasteiger partial charge in [0, 0.05) is 19.3 Å². The van der Waals surface area contributed by atoms with Crippen molar-refractivity contribution in [1.29, 1.82) is 0 Å². The van der Waals surface area contributed by atoms with Crippen LogP contribution >= 0.6 is 0 Å². The fourth-order valence-electron chi connectivity index (χ4n) is 3.59. The van der Waals surface area contributed by atoms with Gasteiger partial charge in [-0.3, -0.25) is 9.59 Å². The first-order valence-corrected chi connectivity index (χ1v) is 12.9. The van der Waals surface area contributed by atoms with Gasteiger partial charge in [0.15, 0.2) is 11.5 Å². The first kappa shape index (κ1) is 32.7. The van der Waals surface area contributed by atoms with Crippen LogP contribution in [-0.2, 0) is 35.0 Å². The van der Waals surface area contributed by atoms with Crippen molar-refractivity contribution in [2.45, 2.75) is 97.3 Å². The zero-order valence-corrected chi connectivity index (χ0v) is 23.2. The summed E-state index contributed by atoms with van der Waals surface area (Å²) in [5, 5.41) is 0. The third-order valence-electron chi connectivity index (χ3n) is 5.59. The van der Waals surface area contributed by atoms with Crippen LogP contribution in [0, 0.1) is 0 Å². The molecule has 1 rings (SSSR count).